The van der Waals surface area contributed by atoms with Crippen LogP contribution in [0.15, 0.2) is 12.1 Å². The van der Waals surface area contributed by atoms with E-state index in [0.29, 0.717) is 5.75 Å². The molecule has 0 fully saturated rings. The number of hydrogen-bond donors (Lipinski definition) is 0. The largest absolute Gasteiger partial charge is 0.496 e. The molecule has 0 saturated heterocycles. The highest BCUT2D eigenvalue weighted by Gasteiger charge is 2.36. The predicted octanol–water partition coefficient (Wildman–Crippen LogP) is 1.14. The lowest BCUT2D eigenvalue weighted by Crippen LogP contribution is -2.25. The number of carbonyl (C=O) groups excluding carboxylic acids is 2. The minimum absolute atomic E-state index is 0.222. The van der Waals surface area contributed by atoms with E-state index in [2.05, 4.69) is 9.47 Å². The Labute approximate surface area is 122 Å². The predicted molar refractivity (Wildman–Crippen MR) is 72.9 cm³/mol. The molecule has 0 aliphatic heterocycles. The number of benzene rings is 1. The van der Waals surface area contributed by atoms with Crippen molar-refractivity contribution in [2.45, 2.75) is 5.92 Å². The summed E-state index contributed by atoms with van der Waals surface area (Å²) in [6, 6.07) is 3.08. The van der Waals surface area contributed by atoms with Gasteiger partial charge in [-0.05, 0) is 0 Å². The molecule has 0 aliphatic rings. The Morgan fingerprint density at radius 3 is 1.52 bits per heavy atom. The minimum Gasteiger partial charge on any atom is -0.496 e. The standard InChI is InChI=1S/C14H18O7/c1-17-8-6-9(18-2)11(10(7-8)19-3)12(13(15)20-4)14(16)21-5/h6-7,12H,1-5H3. The monoisotopic (exact) mass is 298 g/mol. The van der Waals surface area contributed by atoms with Crippen molar-refractivity contribution in [2.24, 2.45) is 0 Å². The number of rotatable bonds is 6. The van der Waals surface area contributed by atoms with Gasteiger partial charge in [0, 0.05) is 12.1 Å². The van der Waals surface area contributed by atoms with Crippen LogP contribution >= 0.6 is 0 Å². The Bertz CT molecular complexity index is 483. The average Bonchev–Trinajstić information content (AvgIpc) is 2.53. The van der Waals surface area contributed by atoms with Gasteiger partial charge in [0.2, 0.25) is 0 Å². The Balaban J connectivity index is 3.55. The molecule has 1 rings (SSSR count). The lowest BCUT2D eigenvalue weighted by atomic mass is 9.96. The molecule has 0 bridgehead atoms. The highest BCUT2D eigenvalue weighted by Crippen LogP contribution is 2.40. The normalized spacial score (nSPS) is 10.0. The molecule has 0 N–H and O–H groups in total. The lowest BCUT2D eigenvalue weighted by molar-refractivity contribution is -0.154. The van der Waals surface area contributed by atoms with Gasteiger partial charge in [-0.15, -0.1) is 0 Å². The first kappa shape index (κ1) is 16.6. The first-order valence-electron chi connectivity index (χ1n) is 5.99. The van der Waals surface area contributed by atoms with E-state index in [0.717, 1.165) is 0 Å². The van der Waals surface area contributed by atoms with Crippen molar-refractivity contribution >= 4 is 11.9 Å². The van der Waals surface area contributed by atoms with Crippen molar-refractivity contribution in [1.82, 2.24) is 0 Å². The Morgan fingerprint density at radius 2 is 1.24 bits per heavy atom. The Morgan fingerprint density at radius 1 is 0.810 bits per heavy atom. The van der Waals surface area contributed by atoms with E-state index in [1.807, 2.05) is 0 Å². The highest BCUT2D eigenvalue weighted by molar-refractivity contribution is 6.02. The molecular formula is C14H18O7. The molecule has 0 amide bonds. The van der Waals surface area contributed by atoms with Crippen LogP contribution in [0.2, 0.25) is 0 Å². The minimum atomic E-state index is -1.31. The quantitative estimate of drug-likeness (QED) is 0.575. The fourth-order valence-corrected chi connectivity index (χ4v) is 1.88. The van der Waals surface area contributed by atoms with Crippen LogP contribution in [0.3, 0.4) is 0 Å². The summed E-state index contributed by atoms with van der Waals surface area (Å²) in [5.41, 5.74) is 0.222. The molecule has 0 aromatic heterocycles. The van der Waals surface area contributed by atoms with Gasteiger partial charge in [0.25, 0.3) is 0 Å². The number of hydrogen-bond acceptors (Lipinski definition) is 7. The van der Waals surface area contributed by atoms with Gasteiger partial charge in [-0.1, -0.05) is 0 Å². The third kappa shape index (κ3) is 3.36. The first-order chi connectivity index (χ1) is 10.0. The van der Waals surface area contributed by atoms with Crippen molar-refractivity contribution < 1.29 is 33.3 Å². The van der Waals surface area contributed by atoms with E-state index in [9.17, 15) is 9.59 Å². The van der Waals surface area contributed by atoms with Crippen LogP contribution in [-0.4, -0.2) is 47.5 Å². The van der Waals surface area contributed by atoms with Gasteiger partial charge in [0.15, 0.2) is 5.92 Å². The summed E-state index contributed by atoms with van der Waals surface area (Å²) in [4.78, 5) is 23.9. The molecular weight excluding hydrogens is 280 g/mol. The van der Waals surface area contributed by atoms with E-state index >= 15 is 0 Å². The summed E-state index contributed by atoms with van der Waals surface area (Å²) in [7, 11) is 6.65. The van der Waals surface area contributed by atoms with Crippen LogP contribution in [0.25, 0.3) is 0 Å². The Kier molecular flexibility index (Phi) is 5.83. The van der Waals surface area contributed by atoms with Crippen molar-refractivity contribution in [3.05, 3.63) is 17.7 Å². The molecule has 0 saturated carbocycles. The van der Waals surface area contributed by atoms with Crippen molar-refractivity contribution in [1.29, 1.82) is 0 Å². The van der Waals surface area contributed by atoms with Gasteiger partial charge < -0.3 is 23.7 Å². The summed E-state index contributed by atoms with van der Waals surface area (Å²) in [5, 5.41) is 0. The molecule has 0 radical (unpaired) electrons. The zero-order valence-electron chi connectivity index (χ0n) is 12.6. The second-order valence-electron chi connectivity index (χ2n) is 3.92. The van der Waals surface area contributed by atoms with Crippen LogP contribution in [0, 0.1) is 0 Å². The SMILES string of the molecule is COC(=O)C(C(=O)OC)c1c(OC)cc(OC)cc1OC. The molecule has 1 aromatic carbocycles. The maximum absolute atomic E-state index is 11.9. The van der Waals surface area contributed by atoms with E-state index in [-0.39, 0.29) is 17.1 Å². The van der Waals surface area contributed by atoms with Gasteiger partial charge in [-0.25, -0.2) is 0 Å². The maximum Gasteiger partial charge on any atom is 0.324 e. The van der Waals surface area contributed by atoms with Crippen LogP contribution in [0.5, 0.6) is 17.2 Å². The third-order valence-corrected chi connectivity index (χ3v) is 2.92. The molecule has 0 unspecified atom stereocenters. The molecule has 7 heteroatoms. The fourth-order valence-electron chi connectivity index (χ4n) is 1.88. The first-order valence-corrected chi connectivity index (χ1v) is 5.99. The molecule has 21 heavy (non-hydrogen) atoms. The average molecular weight is 298 g/mol. The second-order valence-corrected chi connectivity index (χ2v) is 3.92. The topological polar surface area (TPSA) is 80.3 Å². The second kappa shape index (κ2) is 7.37. The molecule has 0 spiro atoms. The fraction of sp³-hybridized carbons (Fsp3) is 0.429. The number of carbonyl (C=O) groups is 2. The molecule has 0 heterocycles. The summed E-state index contributed by atoms with van der Waals surface area (Å²) < 4.78 is 24.9. The molecule has 1 aromatic rings. The third-order valence-electron chi connectivity index (χ3n) is 2.92. The van der Waals surface area contributed by atoms with Crippen molar-refractivity contribution in [3.8, 4) is 17.2 Å². The van der Waals surface area contributed by atoms with Gasteiger partial charge in [0.05, 0.1) is 41.1 Å². The molecule has 0 aliphatic carbocycles. The van der Waals surface area contributed by atoms with Crippen molar-refractivity contribution in [3.63, 3.8) is 0 Å². The summed E-state index contributed by atoms with van der Waals surface area (Å²) in [5.74, 6) is -1.89. The highest BCUT2D eigenvalue weighted by atomic mass is 16.5. The smallest absolute Gasteiger partial charge is 0.324 e. The molecule has 0 atom stereocenters. The van der Waals surface area contributed by atoms with Crippen LogP contribution in [0.4, 0.5) is 0 Å². The molecule has 7 nitrogen and oxygen atoms in total. The van der Waals surface area contributed by atoms with Gasteiger partial charge in [-0.2, -0.15) is 0 Å². The van der Waals surface area contributed by atoms with Gasteiger partial charge in [-0.3, -0.25) is 9.59 Å². The summed E-state index contributed by atoms with van der Waals surface area (Å²) >= 11 is 0. The van der Waals surface area contributed by atoms with E-state index < -0.39 is 17.9 Å². The summed E-state index contributed by atoms with van der Waals surface area (Å²) in [6.45, 7) is 0. The number of esters is 2. The number of ether oxygens (including phenoxy) is 5. The van der Waals surface area contributed by atoms with Crippen LogP contribution in [0.1, 0.15) is 11.5 Å². The van der Waals surface area contributed by atoms with Crippen LogP contribution in [-0.2, 0) is 19.1 Å². The zero-order chi connectivity index (χ0) is 16.0. The zero-order valence-corrected chi connectivity index (χ0v) is 12.6. The maximum atomic E-state index is 11.9. The summed E-state index contributed by atoms with van der Waals surface area (Å²) in [6.07, 6.45) is 0. The van der Waals surface area contributed by atoms with Crippen molar-refractivity contribution in [2.75, 3.05) is 35.5 Å². The number of methoxy groups -OCH3 is 5. The lowest BCUT2D eigenvalue weighted by Gasteiger charge is -2.19. The van der Waals surface area contributed by atoms with E-state index in [1.165, 1.54) is 47.7 Å². The van der Waals surface area contributed by atoms with Crippen LogP contribution < -0.4 is 14.2 Å². The van der Waals surface area contributed by atoms with Gasteiger partial charge >= 0.3 is 11.9 Å². The van der Waals surface area contributed by atoms with E-state index in [4.69, 9.17) is 14.2 Å². The van der Waals surface area contributed by atoms with E-state index in [1.54, 1.807) is 0 Å². The van der Waals surface area contributed by atoms with Gasteiger partial charge in [0.1, 0.15) is 17.2 Å². The Hall–Kier alpha value is -2.44. The molecule has 116 valence electrons.